The van der Waals surface area contributed by atoms with Crippen LogP contribution in [0.4, 0.5) is 0 Å². The number of nitrogens with one attached hydrogen (secondary N) is 1. The van der Waals surface area contributed by atoms with Crippen LogP contribution >= 0.6 is 22.6 Å². The number of benzene rings is 3. The maximum absolute atomic E-state index is 12.7. The average molecular weight is 423 g/mol. The molecule has 0 fully saturated rings. The van der Waals surface area contributed by atoms with E-state index in [1.165, 1.54) is 0 Å². The lowest BCUT2D eigenvalue weighted by Crippen LogP contribution is -2.10. The fourth-order valence-electron chi connectivity index (χ4n) is 3.06. The fourth-order valence-corrected chi connectivity index (χ4v) is 3.81. The van der Waals surface area contributed by atoms with Crippen LogP contribution in [0.5, 0.6) is 0 Å². The Morgan fingerprint density at radius 3 is 2.00 bits per heavy atom. The summed E-state index contributed by atoms with van der Waals surface area (Å²) in [5.41, 5.74) is 3.98. The third-order valence-corrected chi connectivity index (χ3v) is 5.02. The molecule has 0 atom stereocenters. The lowest BCUT2D eigenvalue weighted by molar-refractivity contribution is 1.27. The SMILES string of the molecule is O=c1[nH]c(-c2ccccc2)c(-c2ccccc2)c2cccc(I)c12. The first-order valence-corrected chi connectivity index (χ1v) is 8.79. The fraction of sp³-hybridized carbons (Fsp3) is 0. The summed E-state index contributed by atoms with van der Waals surface area (Å²) in [4.78, 5) is 15.8. The molecule has 4 aromatic rings. The Morgan fingerprint density at radius 1 is 0.708 bits per heavy atom. The highest BCUT2D eigenvalue weighted by atomic mass is 127. The van der Waals surface area contributed by atoms with Crippen LogP contribution < -0.4 is 5.56 Å². The minimum absolute atomic E-state index is 0.0477. The monoisotopic (exact) mass is 423 g/mol. The van der Waals surface area contributed by atoms with E-state index in [2.05, 4.69) is 39.7 Å². The first kappa shape index (κ1) is 15.1. The van der Waals surface area contributed by atoms with Gasteiger partial charge in [0.1, 0.15) is 0 Å². The summed E-state index contributed by atoms with van der Waals surface area (Å²) in [6.07, 6.45) is 0. The second-order valence-corrected chi connectivity index (χ2v) is 6.76. The maximum Gasteiger partial charge on any atom is 0.257 e. The molecule has 0 amide bonds. The Hall–Kier alpha value is -2.40. The van der Waals surface area contributed by atoms with Gasteiger partial charge in [-0.05, 0) is 45.2 Å². The van der Waals surface area contributed by atoms with Gasteiger partial charge in [0.2, 0.25) is 0 Å². The molecule has 4 rings (SSSR count). The van der Waals surface area contributed by atoms with E-state index in [1.807, 2.05) is 66.7 Å². The number of pyridine rings is 1. The molecule has 0 bridgehead atoms. The van der Waals surface area contributed by atoms with Crippen molar-refractivity contribution < 1.29 is 0 Å². The van der Waals surface area contributed by atoms with Crippen LogP contribution in [0.25, 0.3) is 33.2 Å². The molecule has 0 saturated heterocycles. The zero-order valence-electron chi connectivity index (χ0n) is 12.8. The molecule has 0 aliphatic rings. The van der Waals surface area contributed by atoms with Crippen molar-refractivity contribution in [2.75, 3.05) is 0 Å². The molecule has 2 nitrogen and oxygen atoms in total. The number of hydrogen-bond donors (Lipinski definition) is 1. The van der Waals surface area contributed by atoms with E-state index in [0.29, 0.717) is 0 Å². The van der Waals surface area contributed by atoms with Crippen LogP contribution in [0.1, 0.15) is 0 Å². The quantitative estimate of drug-likeness (QED) is 0.427. The standard InChI is InChI=1S/C21H14INO/c22-17-13-7-12-16-18(14-8-3-1-4-9-14)20(23-21(24)19(16)17)15-10-5-2-6-11-15/h1-13H,(H,23,24). The van der Waals surface area contributed by atoms with Gasteiger partial charge in [0.05, 0.1) is 11.1 Å². The second-order valence-electron chi connectivity index (χ2n) is 5.60. The Kier molecular flexibility index (Phi) is 3.94. The summed E-state index contributed by atoms with van der Waals surface area (Å²) in [6.45, 7) is 0. The molecule has 0 spiro atoms. The first-order valence-electron chi connectivity index (χ1n) is 7.71. The summed E-state index contributed by atoms with van der Waals surface area (Å²) < 4.78 is 0.961. The molecule has 0 aliphatic heterocycles. The Labute approximate surface area is 153 Å². The lowest BCUT2D eigenvalue weighted by atomic mass is 9.94. The van der Waals surface area contributed by atoms with Crippen LogP contribution in [0.2, 0.25) is 0 Å². The molecule has 0 aliphatic carbocycles. The molecule has 0 radical (unpaired) electrons. The van der Waals surface area contributed by atoms with Gasteiger partial charge in [-0.3, -0.25) is 4.79 Å². The van der Waals surface area contributed by atoms with Crippen molar-refractivity contribution in [3.63, 3.8) is 0 Å². The van der Waals surface area contributed by atoms with E-state index in [-0.39, 0.29) is 5.56 Å². The van der Waals surface area contributed by atoms with Gasteiger partial charge in [0.25, 0.3) is 5.56 Å². The van der Waals surface area contributed by atoms with E-state index in [0.717, 1.165) is 36.7 Å². The number of rotatable bonds is 2. The molecule has 1 aromatic heterocycles. The van der Waals surface area contributed by atoms with Crippen LogP contribution in [0, 0.1) is 3.57 Å². The van der Waals surface area contributed by atoms with Crippen molar-refractivity contribution in [1.29, 1.82) is 0 Å². The molecular weight excluding hydrogens is 409 g/mol. The van der Waals surface area contributed by atoms with Crippen molar-refractivity contribution >= 4 is 33.4 Å². The molecule has 24 heavy (non-hydrogen) atoms. The number of hydrogen-bond acceptors (Lipinski definition) is 1. The topological polar surface area (TPSA) is 32.9 Å². The summed E-state index contributed by atoms with van der Waals surface area (Å²) in [7, 11) is 0. The minimum atomic E-state index is -0.0477. The predicted octanol–water partition coefficient (Wildman–Crippen LogP) is 5.47. The highest BCUT2D eigenvalue weighted by Gasteiger charge is 2.15. The maximum atomic E-state index is 12.7. The van der Waals surface area contributed by atoms with Gasteiger partial charge in [0, 0.05) is 9.13 Å². The third kappa shape index (κ3) is 2.55. The molecule has 1 N–H and O–H groups in total. The summed E-state index contributed by atoms with van der Waals surface area (Å²) in [5.74, 6) is 0. The molecule has 0 unspecified atom stereocenters. The zero-order chi connectivity index (χ0) is 16.5. The van der Waals surface area contributed by atoms with Gasteiger partial charge >= 0.3 is 0 Å². The molecule has 3 heteroatoms. The Balaban J connectivity index is 2.19. The lowest BCUT2D eigenvalue weighted by Gasteiger charge is -2.14. The largest absolute Gasteiger partial charge is 0.321 e. The van der Waals surface area contributed by atoms with Gasteiger partial charge in [-0.2, -0.15) is 0 Å². The zero-order valence-corrected chi connectivity index (χ0v) is 14.9. The second kappa shape index (κ2) is 6.24. The van der Waals surface area contributed by atoms with Crippen molar-refractivity contribution in [2.45, 2.75) is 0 Å². The molecule has 116 valence electrons. The van der Waals surface area contributed by atoms with Gasteiger partial charge in [0.15, 0.2) is 0 Å². The van der Waals surface area contributed by atoms with E-state index in [4.69, 9.17) is 0 Å². The minimum Gasteiger partial charge on any atom is -0.321 e. The molecule has 1 heterocycles. The highest BCUT2D eigenvalue weighted by molar-refractivity contribution is 14.1. The number of halogens is 1. The number of H-pyrrole nitrogens is 1. The van der Waals surface area contributed by atoms with Gasteiger partial charge in [-0.1, -0.05) is 72.8 Å². The van der Waals surface area contributed by atoms with E-state index in [9.17, 15) is 4.79 Å². The van der Waals surface area contributed by atoms with E-state index in [1.54, 1.807) is 0 Å². The molecule has 0 saturated carbocycles. The van der Waals surface area contributed by atoms with Crippen LogP contribution in [0.15, 0.2) is 83.7 Å². The van der Waals surface area contributed by atoms with Crippen molar-refractivity contribution in [1.82, 2.24) is 4.98 Å². The van der Waals surface area contributed by atoms with Crippen molar-refractivity contribution in [2.24, 2.45) is 0 Å². The summed E-state index contributed by atoms with van der Waals surface area (Å²) in [5, 5.41) is 1.73. The Bertz CT molecular complexity index is 1070. The number of aromatic amines is 1. The summed E-state index contributed by atoms with van der Waals surface area (Å²) >= 11 is 2.23. The van der Waals surface area contributed by atoms with Crippen LogP contribution in [-0.4, -0.2) is 4.98 Å². The first-order chi connectivity index (χ1) is 11.8. The predicted molar refractivity (Wildman–Crippen MR) is 108 cm³/mol. The van der Waals surface area contributed by atoms with E-state index >= 15 is 0 Å². The third-order valence-electron chi connectivity index (χ3n) is 4.12. The number of aromatic nitrogens is 1. The number of fused-ring (bicyclic) bond motifs is 1. The molecular formula is C21H14INO. The normalized spacial score (nSPS) is 10.9. The highest BCUT2D eigenvalue weighted by Crippen LogP contribution is 2.36. The summed E-state index contributed by atoms with van der Waals surface area (Å²) in [6, 6.07) is 26.2. The van der Waals surface area contributed by atoms with Gasteiger partial charge < -0.3 is 4.98 Å². The van der Waals surface area contributed by atoms with Crippen LogP contribution in [-0.2, 0) is 0 Å². The van der Waals surface area contributed by atoms with Gasteiger partial charge in [-0.15, -0.1) is 0 Å². The average Bonchev–Trinajstić information content (AvgIpc) is 2.63. The smallest absolute Gasteiger partial charge is 0.257 e. The van der Waals surface area contributed by atoms with Crippen molar-refractivity contribution in [3.05, 3.63) is 92.8 Å². The van der Waals surface area contributed by atoms with E-state index < -0.39 is 0 Å². The molecule has 3 aromatic carbocycles. The Morgan fingerprint density at radius 2 is 1.33 bits per heavy atom. The van der Waals surface area contributed by atoms with Crippen LogP contribution in [0.3, 0.4) is 0 Å². The van der Waals surface area contributed by atoms with Crippen molar-refractivity contribution in [3.8, 4) is 22.4 Å². The van der Waals surface area contributed by atoms with Gasteiger partial charge in [-0.25, -0.2) is 0 Å².